The van der Waals surface area contributed by atoms with Gasteiger partial charge >= 0.3 is 0 Å². The molecule has 1 saturated heterocycles. The van der Waals surface area contributed by atoms with Crippen LogP contribution in [0.3, 0.4) is 0 Å². The Balaban J connectivity index is 0.00000300. The largest absolute Gasteiger partial charge is 0.379 e. The van der Waals surface area contributed by atoms with E-state index in [1.165, 1.54) is 11.1 Å². The molecule has 0 spiro atoms. The standard InChI is InChI=1S/C21H31N5O2.HI/c1-3-19-13-20(28-25-19)15-24-21(22-4-2)23-14-17-7-5-6-8-18(17)16-26-9-11-27-12-10-26;/h5-8,13H,3-4,9-12,14-16H2,1-2H3,(H2,22,23,24);1H. The van der Waals surface area contributed by atoms with Crippen LogP contribution in [0.1, 0.15) is 36.4 Å². The van der Waals surface area contributed by atoms with E-state index in [1.54, 1.807) is 0 Å². The Morgan fingerprint density at radius 2 is 1.90 bits per heavy atom. The Labute approximate surface area is 190 Å². The Kier molecular flexibility index (Phi) is 10.4. The van der Waals surface area contributed by atoms with Crippen molar-refractivity contribution in [3.8, 4) is 0 Å². The highest BCUT2D eigenvalue weighted by Gasteiger charge is 2.12. The van der Waals surface area contributed by atoms with E-state index in [1.807, 2.05) is 6.07 Å². The lowest BCUT2D eigenvalue weighted by molar-refractivity contribution is 0.0341. The van der Waals surface area contributed by atoms with Gasteiger partial charge in [0.1, 0.15) is 0 Å². The van der Waals surface area contributed by atoms with E-state index in [2.05, 4.69) is 58.8 Å². The topological polar surface area (TPSA) is 74.9 Å². The number of ether oxygens (including phenoxy) is 1. The van der Waals surface area contributed by atoms with Crippen molar-refractivity contribution in [1.29, 1.82) is 0 Å². The average molecular weight is 513 g/mol. The van der Waals surface area contributed by atoms with Crippen molar-refractivity contribution in [2.45, 2.75) is 39.9 Å². The third-order valence-electron chi connectivity index (χ3n) is 4.77. The molecular formula is C21H32IN5O2. The molecule has 29 heavy (non-hydrogen) atoms. The lowest BCUT2D eigenvalue weighted by atomic mass is 10.1. The second-order valence-electron chi connectivity index (χ2n) is 6.84. The minimum Gasteiger partial charge on any atom is -0.379 e. The molecule has 2 heterocycles. The number of aryl methyl sites for hydroxylation is 1. The van der Waals surface area contributed by atoms with Gasteiger partial charge in [-0.15, -0.1) is 24.0 Å². The number of hydrogen-bond donors (Lipinski definition) is 2. The second kappa shape index (κ2) is 12.8. The number of morpholine rings is 1. The predicted octanol–water partition coefficient (Wildman–Crippen LogP) is 2.94. The summed E-state index contributed by atoms with van der Waals surface area (Å²) in [4.78, 5) is 7.20. The SMILES string of the molecule is CCNC(=NCc1ccccc1CN1CCOCC1)NCc1cc(CC)no1.I. The normalized spacial score (nSPS) is 15.0. The number of rotatable bonds is 8. The van der Waals surface area contributed by atoms with Crippen molar-refractivity contribution in [1.82, 2.24) is 20.7 Å². The Morgan fingerprint density at radius 3 is 2.59 bits per heavy atom. The van der Waals surface area contributed by atoms with Gasteiger partial charge in [0.15, 0.2) is 11.7 Å². The molecule has 160 valence electrons. The summed E-state index contributed by atoms with van der Waals surface area (Å²) in [7, 11) is 0. The molecule has 3 rings (SSSR count). The summed E-state index contributed by atoms with van der Waals surface area (Å²) in [6, 6.07) is 10.5. The van der Waals surface area contributed by atoms with Crippen LogP contribution in [-0.2, 0) is 30.8 Å². The number of guanidine groups is 1. The van der Waals surface area contributed by atoms with E-state index in [0.29, 0.717) is 13.1 Å². The molecule has 1 aliphatic rings. The fourth-order valence-electron chi connectivity index (χ4n) is 3.15. The van der Waals surface area contributed by atoms with Crippen LogP contribution in [0, 0.1) is 0 Å². The molecule has 0 aliphatic carbocycles. The van der Waals surface area contributed by atoms with Crippen molar-refractivity contribution in [2.24, 2.45) is 4.99 Å². The number of benzene rings is 1. The maximum absolute atomic E-state index is 5.45. The molecular weight excluding hydrogens is 481 g/mol. The van der Waals surface area contributed by atoms with Gasteiger partial charge in [-0.3, -0.25) is 4.90 Å². The number of aliphatic imine (C=N–C) groups is 1. The van der Waals surface area contributed by atoms with E-state index < -0.39 is 0 Å². The average Bonchev–Trinajstić information content (AvgIpc) is 3.20. The van der Waals surface area contributed by atoms with Crippen molar-refractivity contribution in [2.75, 3.05) is 32.8 Å². The van der Waals surface area contributed by atoms with Crippen LogP contribution in [-0.4, -0.2) is 48.9 Å². The third kappa shape index (κ3) is 7.60. The summed E-state index contributed by atoms with van der Waals surface area (Å²) < 4.78 is 10.8. The molecule has 1 fully saturated rings. The molecule has 0 saturated carbocycles. The first kappa shape index (κ1) is 23.6. The van der Waals surface area contributed by atoms with Crippen LogP contribution in [0.2, 0.25) is 0 Å². The molecule has 1 aliphatic heterocycles. The second-order valence-corrected chi connectivity index (χ2v) is 6.84. The smallest absolute Gasteiger partial charge is 0.191 e. The van der Waals surface area contributed by atoms with Gasteiger partial charge in [-0.05, 0) is 24.5 Å². The van der Waals surface area contributed by atoms with Crippen molar-refractivity contribution in [3.05, 3.63) is 52.9 Å². The maximum atomic E-state index is 5.45. The Bertz CT molecular complexity index is 759. The van der Waals surface area contributed by atoms with Gasteiger partial charge in [-0.2, -0.15) is 0 Å². The van der Waals surface area contributed by atoms with Crippen molar-refractivity contribution < 1.29 is 9.26 Å². The molecule has 0 amide bonds. The predicted molar refractivity (Wildman–Crippen MR) is 125 cm³/mol. The summed E-state index contributed by atoms with van der Waals surface area (Å²) >= 11 is 0. The molecule has 0 unspecified atom stereocenters. The number of nitrogens with one attached hydrogen (secondary N) is 2. The zero-order chi connectivity index (χ0) is 19.6. The molecule has 8 heteroatoms. The molecule has 0 atom stereocenters. The first-order chi connectivity index (χ1) is 13.8. The van der Waals surface area contributed by atoms with Crippen LogP contribution in [0.5, 0.6) is 0 Å². The summed E-state index contributed by atoms with van der Waals surface area (Å²) in [5.74, 6) is 1.59. The van der Waals surface area contributed by atoms with Gasteiger partial charge in [0.25, 0.3) is 0 Å². The minimum atomic E-state index is 0. The lowest BCUT2D eigenvalue weighted by Gasteiger charge is -2.27. The van der Waals surface area contributed by atoms with E-state index in [4.69, 9.17) is 14.3 Å². The monoisotopic (exact) mass is 513 g/mol. The third-order valence-corrected chi connectivity index (χ3v) is 4.77. The molecule has 2 N–H and O–H groups in total. The first-order valence-corrected chi connectivity index (χ1v) is 10.1. The van der Waals surface area contributed by atoms with E-state index >= 15 is 0 Å². The molecule has 2 aromatic rings. The summed E-state index contributed by atoms with van der Waals surface area (Å²) in [6.45, 7) is 10.7. The highest BCUT2D eigenvalue weighted by atomic mass is 127. The number of halogens is 1. The van der Waals surface area contributed by atoms with Crippen LogP contribution in [0.25, 0.3) is 0 Å². The van der Waals surface area contributed by atoms with Crippen molar-refractivity contribution >= 4 is 29.9 Å². The van der Waals surface area contributed by atoms with Gasteiger partial charge in [0.05, 0.1) is 32.0 Å². The fraction of sp³-hybridized carbons (Fsp3) is 0.524. The lowest BCUT2D eigenvalue weighted by Crippen LogP contribution is -2.37. The highest BCUT2D eigenvalue weighted by Crippen LogP contribution is 2.14. The zero-order valence-electron chi connectivity index (χ0n) is 17.3. The summed E-state index contributed by atoms with van der Waals surface area (Å²) in [5, 5.41) is 10.6. The number of nitrogens with zero attached hydrogens (tertiary/aromatic N) is 3. The first-order valence-electron chi connectivity index (χ1n) is 10.1. The van der Waals surface area contributed by atoms with Gasteiger partial charge in [0.2, 0.25) is 0 Å². The summed E-state index contributed by atoms with van der Waals surface area (Å²) in [6.07, 6.45) is 0.873. The van der Waals surface area contributed by atoms with Crippen LogP contribution in [0.15, 0.2) is 39.8 Å². The number of aromatic nitrogens is 1. The highest BCUT2D eigenvalue weighted by molar-refractivity contribution is 14.0. The molecule has 0 radical (unpaired) electrons. The molecule has 1 aromatic carbocycles. The van der Waals surface area contributed by atoms with Crippen LogP contribution < -0.4 is 10.6 Å². The fourth-order valence-corrected chi connectivity index (χ4v) is 3.15. The maximum Gasteiger partial charge on any atom is 0.191 e. The van der Waals surface area contributed by atoms with E-state index in [0.717, 1.165) is 63.2 Å². The molecule has 1 aromatic heterocycles. The van der Waals surface area contributed by atoms with Crippen molar-refractivity contribution in [3.63, 3.8) is 0 Å². The summed E-state index contributed by atoms with van der Waals surface area (Å²) in [5.41, 5.74) is 3.54. The Hall–Kier alpha value is -1.65. The Morgan fingerprint density at radius 1 is 1.14 bits per heavy atom. The minimum absolute atomic E-state index is 0. The van der Waals surface area contributed by atoms with Gasteiger partial charge < -0.3 is 19.9 Å². The molecule has 0 bridgehead atoms. The van der Waals surface area contributed by atoms with Gasteiger partial charge in [-0.25, -0.2) is 4.99 Å². The molecule has 7 nitrogen and oxygen atoms in total. The van der Waals surface area contributed by atoms with Gasteiger partial charge in [0, 0.05) is 32.2 Å². The van der Waals surface area contributed by atoms with Gasteiger partial charge in [-0.1, -0.05) is 36.3 Å². The van der Waals surface area contributed by atoms with Crippen LogP contribution >= 0.6 is 24.0 Å². The van der Waals surface area contributed by atoms with Crippen LogP contribution in [0.4, 0.5) is 0 Å². The zero-order valence-corrected chi connectivity index (χ0v) is 19.6. The quantitative estimate of drug-likeness (QED) is 0.321. The van der Waals surface area contributed by atoms with E-state index in [-0.39, 0.29) is 24.0 Å². The number of hydrogen-bond acceptors (Lipinski definition) is 5. The van der Waals surface area contributed by atoms with E-state index in [9.17, 15) is 0 Å².